The monoisotopic (exact) mass is 234 g/mol. The van der Waals surface area contributed by atoms with E-state index in [1.165, 1.54) is 24.8 Å². The maximum absolute atomic E-state index is 8.72. The Hall–Kier alpha value is -0.780. The van der Waals surface area contributed by atoms with Gasteiger partial charge in [-0.05, 0) is 62.5 Å². The molecule has 1 aliphatic rings. The van der Waals surface area contributed by atoms with Crippen molar-refractivity contribution in [2.24, 2.45) is 11.3 Å². The van der Waals surface area contributed by atoms with E-state index in [1.807, 2.05) is 0 Å². The normalized spacial score (nSPS) is 22.6. The Bertz CT molecular complexity index is 341. The summed E-state index contributed by atoms with van der Waals surface area (Å²) in [6, 6.07) is 0. The second-order valence-electron chi connectivity index (χ2n) is 5.88. The zero-order chi connectivity index (χ0) is 12.9. The van der Waals surface area contributed by atoms with Gasteiger partial charge in [-0.2, -0.15) is 0 Å². The third-order valence-corrected chi connectivity index (χ3v) is 4.00. The van der Waals surface area contributed by atoms with E-state index in [9.17, 15) is 0 Å². The summed E-state index contributed by atoms with van der Waals surface area (Å²) in [7, 11) is 0. The molecule has 1 nitrogen and oxygen atoms in total. The predicted octanol–water partition coefficient (Wildman–Crippen LogP) is 4.24. The molecule has 96 valence electrons. The minimum absolute atomic E-state index is 0.0885. The number of rotatable bonds is 4. The van der Waals surface area contributed by atoms with Crippen LogP contribution in [0.15, 0.2) is 29.0 Å². The molecule has 0 aromatic carbocycles. The highest BCUT2D eigenvalue weighted by Crippen LogP contribution is 2.43. The average Bonchev–Trinajstić information content (AvgIpc) is 2.24. The van der Waals surface area contributed by atoms with E-state index in [1.54, 1.807) is 11.6 Å². The topological polar surface area (TPSA) is 20.2 Å². The molecule has 0 radical (unpaired) electrons. The largest absolute Gasteiger partial charge is 0.392 e. The average molecular weight is 234 g/mol. The Morgan fingerprint density at radius 1 is 1.59 bits per heavy atom. The quantitative estimate of drug-likeness (QED) is 0.569. The van der Waals surface area contributed by atoms with Crippen LogP contribution < -0.4 is 0 Å². The van der Waals surface area contributed by atoms with Crippen LogP contribution in [0.2, 0.25) is 0 Å². The summed E-state index contributed by atoms with van der Waals surface area (Å²) in [5, 5.41) is 8.72. The second kappa shape index (κ2) is 6.23. The van der Waals surface area contributed by atoms with Crippen molar-refractivity contribution in [3.05, 3.63) is 29.0 Å². The summed E-state index contributed by atoms with van der Waals surface area (Å²) < 4.78 is 0. The first kappa shape index (κ1) is 14.3. The predicted molar refractivity (Wildman–Crippen MR) is 73.9 cm³/mol. The molecular weight excluding hydrogens is 208 g/mol. The van der Waals surface area contributed by atoms with Crippen molar-refractivity contribution in [1.82, 2.24) is 0 Å². The summed E-state index contributed by atoms with van der Waals surface area (Å²) in [4.78, 5) is 0. The first-order valence-corrected chi connectivity index (χ1v) is 6.65. The minimum atomic E-state index is 0.0885. The molecule has 0 aromatic rings. The number of aliphatic hydroxyl groups excluding tert-OH is 1. The maximum Gasteiger partial charge on any atom is 0.0686 e. The van der Waals surface area contributed by atoms with Crippen LogP contribution in [-0.2, 0) is 0 Å². The lowest BCUT2D eigenvalue weighted by Gasteiger charge is -2.38. The van der Waals surface area contributed by atoms with E-state index in [4.69, 9.17) is 5.11 Å². The van der Waals surface area contributed by atoms with Crippen molar-refractivity contribution >= 4 is 0 Å². The third kappa shape index (κ3) is 4.18. The SMILES string of the molecule is CC(=C=CCO)CC[C@@H]1C(C)=CCCC1(C)C. The first-order valence-electron chi connectivity index (χ1n) is 6.65. The molecule has 17 heavy (non-hydrogen) atoms. The van der Waals surface area contributed by atoms with E-state index in [2.05, 4.69) is 39.5 Å². The highest BCUT2D eigenvalue weighted by Gasteiger charge is 2.32. The van der Waals surface area contributed by atoms with Crippen LogP contribution in [0.5, 0.6) is 0 Å². The van der Waals surface area contributed by atoms with Crippen LogP contribution in [0.1, 0.15) is 53.4 Å². The molecule has 0 amide bonds. The Morgan fingerprint density at radius 2 is 2.29 bits per heavy atom. The lowest BCUT2D eigenvalue weighted by atomic mass is 9.67. The van der Waals surface area contributed by atoms with Crippen molar-refractivity contribution in [3.63, 3.8) is 0 Å². The van der Waals surface area contributed by atoms with E-state index in [0.29, 0.717) is 11.3 Å². The Kier molecular flexibility index (Phi) is 5.24. The van der Waals surface area contributed by atoms with Gasteiger partial charge in [0.2, 0.25) is 0 Å². The Labute approximate surface area is 106 Å². The molecule has 1 N–H and O–H groups in total. The Morgan fingerprint density at radius 3 is 2.88 bits per heavy atom. The molecular formula is C16H26O. The third-order valence-electron chi connectivity index (χ3n) is 4.00. The highest BCUT2D eigenvalue weighted by atomic mass is 16.2. The van der Waals surface area contributed by atoms with Gasteiger partial charge in [0.15, 0.2) is 0 Å². The van der Waals surface area contributed by atoms with Crippen molar-refractivity contribution < 1.29 is 5.11 Å². The molecule has 1 heteroatoms. The number of allylic oxidation sites excluding steroid dienone is 2. The van der Waals surface area contributed by atoms with Gasteiger partial charge >= 0.3 is 0 Å². The molecule has 1 rings (SSSR count). The highest BCUT2D eigenvalue weighted by molar-refractivity contribution is 5.13. The summed E-state index contributed by atoms with van der Waals surface area (Å²) in [5.41, 5.74) is 6.37. The van der Waals surface area contributed by atoms with Gasteiger partial charge in [-0.1, -0.05) is 25.5 Å². The van der Waals surface area contributed by atoms with Gasteiger partial charge < -0.3 is 5.11 Å². The molecule has 0 heterocycles. The fourth-order valence-electron chi connectivity index (χ4n) is 2.88. The van der Waals surface area contributed by atoms with Crippen LogP contribution in [0, 0.1) is 11.3 Å². The molecule has 0 saturated carbocycles. The van der Waals surface area contributed by atoms with Crippen LogP contribution >= 0.6 is 0 Å². The summed E-state index contributed by atoms with van der Waals surface area (Å²) in [6.45, 7) is 9.23. The summed E-state index contributed by atoms with van der Waals surface area (Å²) in [5.74, 6) is 0.696. The van der Waals surface area contributed by atoms with Gasteiger partial charge in [0, 0.05) is 0 Å². The zero-order valence-corrected chi connectivity index (χ0v) is 11.7. The van der Waals surface area contributed by atoms with E-state index < -0.39 is 0 Å². The van der Waals surface area contributed by atoms with Crippen molar-refractivity contribution in [3.8, 4) is 0 Å². The number of hydrogen-bond donors (Lipinski definition) is 1. The molecule has 0 spiro atoms. The van der Waals surface area contributed by atoms with Gasteiger partial charge in [0.1, 0.15) is 0 Å². The molecule has 0 unspecified atom stereocenters. The van der Waals surface area contributed by atoms with E-state index in [-0.39, 0.29) is 6.61 Å². The van der Waals surface area contributed by atoms with Crippen molar-refractivity contribution in [1.29, 1.82) is 0 Å². The second-order valence-corrected chi connectivity index (χ2v) is 5.88. The number of hydrogen-bond acceptors (Lipinski definition) is 1. The molecule has 0 aliphatic heterocycles. The molecule has 1 atom stereocenters. The van der Waals surface area contributed by atoms with Crippen molar-refractivity contribution in [2.75, 3.05) is 6.61 Å². The summed E-state index contributed by atoms with van der Waals surface area (Å²) >= 11 is 0. The van der Waals surface area contributed by atoms with Crippen LogP contribution in [0.25, 0.3) is 0 Å². The minimum Gasteiger partial charge on any atom is -0.392 e. The lowest BCUT2D eigenvalue weighted by Crippen LogP contribution is -2.27. The van der Waals surface area contributed by atoms with Crippen LogP contribution in [-0.4, -0.2) is 11.7 Å². The molecule has 0 saturated heterocycles. The standard InChI is InChI=1S/C16H26O/c1-13(7-6-12-17)9-10-15-14(2)8-5-11-16(15,3)4/h6,8,15,17H,5,9-12H2,1-4H3/t7?,15-/m1/s1. The fraction of sp³-hybridized carbons (Fsp3) is 0.688. The van der Waals surface area contributed by atoms with Crippen molar-refractivity contribution in [2.45, 2.75) is 53.4 Å². The summed E-state index contributed by atoms with van der Waals surface area (Å²) in [6.07, 6.45) is 8.91. The zero-order valence-electron chi connectivity index (χ0n) is 11.7. The van der Waals surface area contributed by atoms with Gasteiger partial charge in [-0.3, -0.25) is 0 Å². The van der Waals surface area contributed by atoms with E-state index >= 15 is 0 Å². The van der Waals surface area contributed by atoms with Gasteiger partial charge in [0.25, 0.3) is 0 Å². The van der Waals surface area contributed by atoms with E-state index in [0.717, 1.165) is 6.42 Å². The smallest absolute Gasteiger partial charge is 0.0686 e. The molecule has 0 fully saturated rings. The van der Waals surface area contributed by atoms with Gasteiger partial charge in [-0.25, -0.2) is 0 Å². The number of aliphatic hydroxyl groups is 1. The molecule has 1 aliphatic carbocycles. The molecule has 0 bridgehead atoms. The Balaban J connectivity index is 2.64. The molecule has 0 aromatic heterocycles. The van der Waals surface area contributed by atoms with Gasteiger partial charge in [0.05, 0.1) is 6.61 Å². The van der Waals surface area contributed by atoms with Crippen LogP contribution in [0.4, 0.5) is 0 Å². The first-order chi connectivity index (χ1) is 7.97. The lowest BCUT2D eigenvalue weighted by molar-refractivity contribution is 0.204. The fourth-order valence-corrected chi connectivity index (χ4v) is 2.88. The maximum atomic E-state index is 8.72. The van der Waals surface area contributed by atoms with Gasteiger partial charge in [-0.15, -0.1) is 5.73 Å². The van der Waals surface area contributed by atoms with Crippen LogP contribution in [0.3, 0.4) is 0 Å².